The van der Waals surface area contributed by atoms with Crippen LogP contribution in [0.2, 0.25) is 0 Å². The molecule has 1 aromatic rings. The number of hydrogen-bond acceptors (Lipinski definition) is 2. The minimum atomic E-state index is -0.672. The smallest absolute Gasteiger partial charge is 0.310 e. The first-order valence-electron chi connectivity index (χ1n) is 8.04. The van der Waals surface area contributed by atoms with Crippen molar-refractivity contribution in [3.63, 3.8) is 0 Å². The van der Waals surface area contributed by atoms with Gasteiger partial charge in [0.15, 0.2) is 0 Å². The van der Waals surface area contributed by atoms with Crippen LogP contribution in [0.15, 0.2) is 24.3 Å². The van der Waals surface area contributed by atoms with Crippen molar-refractivity contribution in [1.29, 1.82) is 0 Å². The fraction of sp³-hybridized carbons (Fsp3) is 0.611. The van der Waals surface area contributed by atoms with Crippen molar-refractivity contribution in [2.45, 2.75) is 58.4 Å². The third-order valence-electron chi connectivity index (χ3n) is 5.30. The lowest BCUT2D eigenvalue weighted by atomic mass is 9.73. The average molecular weight is 289 g/mol. The average Bonchev–Trinajstić information content (AvgIpc) is 2.43. The summed E-state index contributed by atoms with van der Waals surface area (Å²) in [5.41, 5.74) is 2.21. The molecule has 1 aromatic carbocycles. The molecular formula is C18H27NO2. The van der Waals surface area contributed by atoms with E-state index in [4.69, 9.17) is 0 Å². The highest BCUT2D eigenvalue weighted by molar-refractivity contribution is 5.74. The van der Waals surface area contributed by atoms with Crippen LogP contribution < -0.4 is 5.32 Å². The second-order valence-corrected chi connectivity index (χ2v) is 6.40. The number of hydrogen-bond donors (Lipinski definition) is 2. The Hall–Kier alpha value is -1.35. The lowest BCUT2D eigenvalue weighted by Gasteiger charge is -2.39. The van der Waals surface area contributed by atoms with Gasteiger partial charge in [-0.25, -0.2) is 0 Å². The van der Waals surface area contributed by atoms with Gasteiger partial charge in [-0.3, -0.25) is 4.79 Å². The first-order valence-corrected chi connectivity index (χ1v) is 8.04. The molecule has 2 N–H and O–H groups in total. The summed E-state index contributed by atoms with van der Waals surface area (Å²) in [5, 5.41) is 12.9. The van der Waals surface area contributed by atoms with Gasteiger partial charge in [0.1, 0.15) is 0 Å². The Morgan fingerprint density at radius 3 is 2.43 bits per heavy atom. The maximum Gasteiger partial charge on any atom is 0.310 e. The van der Waals surface area contributed by atoms with Crippen LogP contribution in [-0.2, 0) is 4.79 Å². The van der Waals surface area contributed by atoms with Crippen LogP contribution >= 0.6 is 0 Å². The number of aliphatic carboxylic acids is 1. The third-order valence-corrected chi connectivity index (χ3v) is 5.30. The molecule has 1 fully saturated rings. The Labute approximate surface area is 127 Å². The third kappa shape index (κ3) is 3.29. The zero-order valence-electron chi connectivity index (χ0n) is 13.4. The second-order valence-electron chi connectivity index (χ2n) is 6.40. The van der Waals surface area contributed by atoms with Crippen LogP contribution in [0.5, 0.6) is 0 Å². The highest BCUT2D eigenvalue weighted by Crippen LogP contribution is 2.39. The summed E-state index contributed by atoms with van der Waals surface area (Å²) in [6.45, 7) is 6.69. The fourth-order valence-electron chi connectivity index (χ4n) is 3.30. The predicted octanol–water partition coefficient (Wildman–Crippen LogP) is 3.72. The van der Waals surface area contributed by atoms with Gasteiger partial charge in [0.2, 0.25) is 0 Å². The largest absolute Gasteiger partial charge is 0.481 e. The van der Waals surface area contributed by atoms with Crippen LogP contribution in [0.4, 0.5) is 0 Å². The summed E-state index contributed by atoms with van der Waals surface area (Å²) in [5.74, 6) is -0.0408. The summed E-state index contributed by atoms with van der Waals surface area (Å²) >= 11 is 0. The molecule has 1 aliphatic carbocycles. The van der Waals surface area contributed by atoms with E-state index in [2.05, 4.69) is 36.5 Å². The van der Waals surface area contributed by atoms with Crippen molar-refractivity contribution in [3.8, 4) is 0 Å². The van der Waals surface area contributed by atoms with E-state index in [0.717, 1.165) is 12.8 Å². The fourth-order valence-corrected chi connectivity index (χ4v) is 3.30. The molecule has 0 aromatic heterocycles. The lowest BCUT2D eigenvalue weighted by molar-refractivity contribution is -0.149. The van der Waals surface area contributed by atoms with Gasteiger partial charge in [-0.15, -0.1) is 0 Å². The van der Waals surface area contributed by atoms with Gasteiger partial charge in [-0.1, -0.05) is 38.1 Å². The molecule has 0 spiro atoms. The Balaban J connectivity index is 1.86. The van der Waals surface area contributed by atoms with E-state index in [1.54, 1.807) is 0 Å². The molecule has 3 heteroatoms. The van der Waals surface area contributed by atoms with E-state index in [9.17, 15) is 9.90 Å². The zero-order valence-corrected chi connectivity index (χ0v) is 13.4. The minimum absolute atomic E-state index is 0.464. The van der Waals surface area contributed by atoms with E-state index >= 15 is 0 Å². The molecule has 2 rings (SSSR count). The van der Waals surface area contributed by atoms with E-state index in [-0.39, 0.29) is 0 Å². The first-order chi connectivity index (χ1) is 10.0. The number of nitrogens with one attached hydrogen (secondary N) is 1. The van der Waals surface area contributed by atoms with Gasteiger partial charge >= 0.3 is 5.97 Å². The maximum absolute atomic E-state index is 11.5. The Morgan fingerprint density at radius 1 is 1.29 bits per heavy atom. The monoisotopic (exact) mass is 289 g/mol. The van der Waals surface area contributed by atoms with E-state index < -0.39 is 11.4 Å². The van der Waals surface area contributed by atoms with Crippen molar-refractivity contribution in [2.24, 2.45) is 5.41 Å². The second kappa shape index (κ2) is 6.61. The Morgan fingerprint density at radius 2 is 1.90 bits per heavy atom. The molecule has 0 saturated heterocycles. The molecule has 0 atom stereocenters. The molecule has 0 heterocycles. The van der Waals surface area contributed by atoms with Gasteiger partial charge in [0.25, 0.3) is 0 Å². The highest BCUT2D eigenvalue weighted by Gasteiger charge is 2.37. The summed E-state index contributed by atoms with van der Waals surface area (Å²) in [6, 6.07) is 9.03. The highest BCUT2D eigenvalue weighted by atomic mass is 16.4. The number of benzene rings is 1. The number of carboxylic acids is 1. The Kier molecular flexibility index (Phi) is 5.04. The lowest BCUT2D eigenvalue weighted by Crippen LogP contribution is -2.48. The molecule has 0 bridgehead atoms. The van der Waals surface area contributed by atoms with Crippen LogP contribution in [0.25, 0.3) is 0 Å². The normalized spacial score (nSPS) is 21.9. The molecule has 1 saturated carbocycles. The van der Waals surface area contributed by atoms with Gasteiger partial charge in [-0.05, 0) is 49.7 Å². The van der Waals surface area contributed by atoms with Crippen LogP contribution in [0.3, 0.4) is 0 Å². The molecule has 116 valence electrons. The SMILES string of the molecule is CCC(CC)(CNC1CC(c2ccccc2C)C1)C(=O)O. The standard InChI is InChI=1S/C18H27NO2/c1-4-18(5-2,17(20)21)12-19-15-10-14(11-15)16-9-7-6-8-13(16)3/h6-9,14-15,19H,4-5,10-12H2,1-3H3,(H,20,21). The van der Waals surface area contributed by atoms with Crippen molar-refractivity contribution in [2.75, 3.05) is 6.54 Å². The maximum atomic E-state index is 11.5. The number of carbonyl (C=O) groups is 1. The van der Waals surface area contributed by atoms with E-state index in [0.29, 0.717) is 31.3 Å². The minimum Gasteiger partial charge on any atom is -0.481 e. The van der Waals surface area contributed by atoms with Crippen LogP contribution in [-0.4, -0.2) is 23.7 Å². The number of carboxylic acid groups (broad SMARTS) is 1. The molecule has 3 nitrogen and oxygen atoms in total. The van der Waals surface area contributed by atoms with E-state index in [1.165, 1.54) is 11.1 Å². The molecular weight excluding hydrogens is 262 g/mol. The molecule has 21 heavy (non-hydrogen) atoms. The molecule has 1 aliphatic rings. The van der Waals surface area contributed by atoms with Crippen molar-refractivity contribution < 1.29 is 9.90 Å². The number of aryl methyl sites for hydroxylation is 1. The predicted molar refractivity (Wildman–Crippen MR) is 85.6 cm³/mol. The molecule has 0 unspecified atom stereocenters. The molecule has 0 aliphatic heterocycles. The molecule has 0 amide bonds. The summed E-state index contributed by atoms with van der Waals surface area (Å²) in [7, 11) is 0. The van der Waals surface area contributed by atoms with Gasteiger partial charge in [-0.2, -0.15) is 0 Å². The summed E-state index contributed by atoms with van der Waals surface area (Å²) in [6.07, 6.45) is 3.60. The first kappa shape index (κ1) is 16.0. The number of rotatable bonds is 7. The zero-order chi connectivity index (χ0) is 15.5. The molecule has 0 radical (unpaired) electrons. The van der Waals surface area contributed by atoms with Crippen molar-refractivity contribution in [3.05, 3.63) is 35.4 Å². The van der Waals surface area contributed by atoms with E-state index in [1.807, 2.05) is 13.8 Å². The quantitative estimate of drug-likeness (QED) is 0.804. The van der Waals surface area contributed by atoms with Gasteiger partial charge in [0.05, 0.1) is 5.41 Å². The summed E-state index contributed by atoms with van der Waals surface area (Å²) < 4.78 is 0. The van der Waals surface area contributed by atoms with Crippen LogP contribution in [0, 0.1) is 12.3 Å². The van der Waals surface area contributed by atoms with Gasteiger partial charge in [0, 0.05) is 12.6 Å². The summed E-state index contributed by atoms with van der Waals surface area (Å²) in [4.78, 5) is 11.5. The van der Waals surface area contributed by atoms with Crippen LogP contribution in [0.1, 0.15) is 56.6 Å². The Bertz CT molecular complexity index is 488. The van der Waals surface area contributed by atoms with Crippen molar-refractivity contribution in [1.82, 2.24) is 5.32 Å². The van der Waals surface area contributed by atoms with Gasteiger partial charge < -0.3 is 10.4 Å². The van der Waals surface area contributed by atoms with Crippen molar-refractivity contribution >= 4 is 5.97 Å². The topological polar surface area (TPSA) is 49.3 Å².